The lowest BCUT2D eigenvalue weighted by molar-refractivity contribution is 0.0597. The number of halogens is 3. The highest BCUT2D eigenvalue weighted by molar-refractivity contribution is 9.10. The molecule has 0 fully saturated rings. The Morgan fingerprint density at radius 3 is 2.67 bits per heavy atom. The molecule has 0 saturated carbocycles. The van der Waals surface area contributed by atoms with Crippen molar-refractivity contribution in [3.63, 3.8) is 0 Å². The molecule has 1 heterocycles. The number of methoxy groups -OCH3 is 1. The van der Waals surface area contributed by atoms with E-state index in [-0.39, 0.29) is 15.6 Å². The van der Waals surface area contributed by atoms with Crippen molar-refractivity contribution < 1.29 is 18.3 Å². The first kappa shape index (κ1) is 12.0. The van der Waals surface area contributed by atoms with E-state index in [2.05, 4.69) is 25.7 Å². The third-order valence-electron chi connectivity index (χ3n) is 1.86. The quantitative estimate of drug-likeness (QED) is 0.782. The predicted octanol–water partition coefficient (Wildman–Crippen LogP) is 2.88. The van der Waals surface area contributed by atoms with Gasteiger partial charge in [-0.25, -0.2) is 13.6 Å². The Kier molecular flexibility index (Phi) is 3.73. The second kappa shape index (κ2) is 4.65. The zero-order chi connectivity index (χ0) is 11.6. The van der Waals surface area contributed by atoms with Crippen LogP contribution in [0.2, 0.25) is 0 Å². The molecule has 6 heteroatoms. The SMILES string of the molecule is COC(=O)c1c(C)ncc(C(F)F)c1Br. The van der Waals surface area contributed by atoms with Gasteiger partial charge in [0.2, 0.25) is 0 Å². The standard InChI is InChI=1S/C9H8BrF2NO2/c1-4-6(9(14)15-2)7(10)5(3-13-4)8(11)12/h3,8H,1-2H3. The molecule has 0 amide bonds. The summed E-state index contributed by atoms with van der Waals surface area (Å²) >= 11 is 2.95. The number of carbonyl (C=O) groups excluding carboxylic acids is 1. The molecule has 0 bridgehead atoms. The maximum absolute atomic E-state index is 12.5. The molecule has 0 N–H and O–H groups in total. The van der Waals surface area contributed by atoms with Gasteiger partial charge in [0.05, 0.1) is 23.9 Å². The summed E-state index contributed by atoms with van der Waals surface area (Å²) in [5.74, 6) is -0.686. The Hall–Kier alpha value is -1.04. The average Bonchev–Trinajstić information content (AvgIpc) is 2.16. The summed E-state index contributed by atoms with van der Waals surface area (Å²) in [5.41, 5.74) is 0.0643. The lowest BCUT2D eigenvalue weighted by Crippen LogP contribution is -2.08. The minimum Gasteiger partial charge on any atom is -0.465 e. The molecule has 3 nitrogen and oxygen atoms in total. The normalized spacial score (nSPS) is 10.5. The second-order valence-electron chi connectivity index (χ2n) is 2.78. The molecule has 1 aromatic rings. The Morgan fingerprint density at radius 2 is 2.20 bits per heavy atom. The number of carbonyl (C=O) groups is 1. The number of hydrogen-bond donors (Lipinski definition) is 0. The van der Waals surface area contributed by atoms with Crippen LogP contribution in [-0.2, 0) is 4.74 Å². The first-order valence-electron chi connectivity index (χ1n) is 4.00. The van der Waals surface area contributed by atoms with E-state index in [1.807, 2.05) is 0 Å². The number of aromatic nitrogens is 1. The van der Waals surface area contributed by atoms with Crippen LogP contribution in [0.25, 0.3) is 0 Å². The molecule has 1 rings (SSSR count). The molecule has 0 aliphatic rings. The first-order chi connectivity index (χ1) is 6.99. The Labute approximate surface area is 93.6 Å². The summed E-state index contributed by atoms with van der Waals surface area (Å²) in [6.07, 6.45) is -1.65. The van der Waals surface area contributed by atoms with E-state index >= 15 is 0 Å². The van der Waals surface area contributed by atoms with E-state index in [1.54, 1.807) is 6.92 Å². The molecule has 0 spiro atoms. The monoisotopic (exact) mass is 279 g/mol. The van der Waals surface area contributed by atoms with Crippen molar-refractivity contribution in [3.8, 4) is 0 Å². The smallest absolute Gasteiger partial charge is 0.340 e. The van der Waals surface area contributed by atoms with Gasteiger partial charge < -0.3 is 4.74 Å². The average molecular weight is 280 g/mol. The van der Waals surface area contributed by atoms with Gasteiger partial charge in [-0.3, -0.25) is 4.98 Å². The number of ether oxygens (including phenoxy) is 1. The minimum absolute atomic E-state index is 0.0373. The minimum atomic E-state index is -2.68. The fourth-order valence-corrected chi connectivity index (χ4v) is 1.81. The molecular weight excluding hydrogens is 272 g/mol. The fraction of sp³-hybridized carbons (Fsp3) is 0.333. The molecule has 0 aliphatic heterocycles. The Balaban J connectivity index is 3.36. The second-order valence-corrected chi connectivity index (χ2v) is 3.57. The molecule has 82 valence electrons. The van der Waals surface area contributed by atoms with E-state index in [4.69, 9.17) is 0 Å². The topological polar surface area (TPSA) is 39.2 Å². The highest BCUT2D eigenvalue weighted by atomic mass is 79.9. The number of esters is 1. The largest absolute Gasteiger partial charge is 0.465 e. The maximum Gasteiger partial charge on any atom is 0.340 e. The fourth-order valence-electron chi connectivity index (χ4n) is 1.08. The van der Waals surface area contributed by atoms with Gasteiger partial charge in [-0.1, -0.05) is 0 Å². The number of nitrogens with zero attached hydrogens (tertiary/aromatic N) is 1. The third kappa shape index (κ3) is 2.31. The van der Waals surface area contributed by atoms with Crippen LogP contribution in [-0.4, -0.2) is 18.1 Å². The molecule has 0 aliphatic carbocycles. The van der Waals surface area contributed by atoms with Crippen molar-refractivity contribution in [1.29, 1.82) is 0 Å². The number of alkyl halides is 2. The van der Waals surface area contributed by atoms with Crippen molar-refractivity contribution in [2.75, 3.05) is 7.11 Å². The Morgan fingerprint density at radius 1 is 1.60 bits per heavy atom. The van der Waals surface area contributed by atoms with Crippen LogP contribution >= 0.6 is 15.9 Å². The molecule has 15 heavy (non-hydrogen) atoms. The number of aryl methyl sites for hydroxylation is 1. The van der Waals surface area contributed by atoms with E-state index < -0.39 is 12.4 Å². The van der Waals surface area contributed by atoms with Crippen LogP contribution in [0.15, 0.2) is 10.7 Å². The maximum atomic E-state index is 12.5. The van der Waals surface area contributed by atoms with Crippen molar-refractivity contribution in [2.45, 2.75) is 13.3 Å². The zero-order valence-corrected chi connectivity index (χ0v) is 9.64. The molecule has 1 aromatic heterocycles. The van der Waals surface area contributed by atoms with Gasteiger partial charge in [0.15, 0.2) is 0 Å². The van der Waals surface area contributed by atoms with Crippen LogP contribution in [0, 0.1) is 6.92 Å². The summed E-state index contributed by atoms with van der Waals surface area (Å²) in [5, 5.41) is 0. The first-order valence-corrected chi connectivity index (χ1v) is 4.79. The Bertz CT molecular complexity index is 396. The van der Waals surface area contributed by atoms with E-state index in [0.29, 0.717) is 5.69 Å². The van der Waals surface area contributed by atoms with Crippen LogP contribution in [0.5, 0.6) is 0 Å². The molecule has 0 saturated heterocycles. The van der Waals surface area contributed by atoms with Crippen molar-refractivity contribution in [2.24, 2.45) is 0 Å². The molecule has 0 aromatic carbocycles. The number of pyridine rings is 1. The molecule has 0 unspecified atom stereocenters. The van der Waals surface area contributed by atoms with Crippen LogP contribution in [0.4, 0.5) is 8.78 Å². The van der Waals surface area contributed by atoms with Crippen molar-refractivity contribution >= 4 is 21.9 Å². The zero-order valence-electron chi connectivity index (χ0n) is 8.05. The van der Waals surface area contributed by atoms with E-state index in [1.165, 1.54) is 7.11 Å². The lowest BCUT2D eigenvalue weighted by Gasteiger charge is -2.09. The lowest BCUT2D eigenvalue weighted by atomic mass is 10.1. The van der Waals surface area contributed by atoms with E-state index in [0.717, 1.165) is 6.20 Å². The van der Waals surface area contributed by atoms with Gasteiger partial charge in [0.1, 0.15) is 0 Å². The van der Waals surface area contributed by atoms with Gasteiger partial charge in [0, 0.05) is 10.7 Å². The van der Waals surface area contributed by atoms with E-state index in [9.17, 15) is 13.6 Å². The summed E-state index contributed by atoms with van der Waals surface area (Å²) in [6, 6.07) is 0. The highest BCUT2D eigenvalue weighted by Gasteiger charge is 2.21. The van der Waals surface area contributed by atoms with Crippen LogP contribution in [0.1, 0.15) is 28.0 Å². The van der Waals surface area contributed by atoms with Crippen molar-refractivity contribution in [3.05, 3.63) is 27.5 Å². The summed E-state index contributed by atoms with van der Waals surface area (Å²) in [4.78, 5) is 15.0. The van der Waals surface area contributed by atoms with Gasteiger partial charge in [0.25, 0.3) is 6.43 Å². The van der Waals surface area contributed by atoms with Crippen LogP contribution in [0.3, 0.4) is 0 Å². The summed E-state index contributed by atoms with van der Waals surface area (Å²) in [7, 11) is 1.18. The van der Waals surface area contributed by atoms with Gasteiger partial charge in [-0.15, -0.1) is 0 Å². The molecule has 0 atom stereocenters. The number of rotatable bonds is 2. The van der Waals surface area contributed by atoms with Crippen LogP contribution < -0.4 is 0 Å². The molecular formula is C9H8BrF2NO2. The third-order valence-corrected chi connectivity index (χ3v) is 2.71. The summed E-state index contributed by atoms with van der Waals surface area (Å²) in [6.45, 7) is 1.55. The molecule has 0 radical (unpaired) electrons. The van der Waals surface area contributed by atoms with Gasteiger partial charge in [-0.2, -0.15) is 0 Å². The summed E-state index contributed by atoms with van der Waals surface area (Å²) < 4.78 is 29.5. The predicted molar refractivity (Wildman–Crippen MR) is 53.0 cm³/mol. The highest BCUT2D eigenvalue weighted by Crippen LogP contribution is 2.31. The number of hydrogen-bond acceptors (Lipinski definition) is 3. The van der Waals surface area contributed by atoms with Gasteiger partial charge in [-0.05, 0) is 22.9 Å². The van der Waals surface area contributed by atoms with Gasteiger partial charge >= 0.3 is 5.97 Å². The van der Waals surface area contributed by atoms with Crippen molar-refractivity contribution in [1.82, 2.24) is 4.98 Å².